The van der Waals surface area contributed by atoms with Crippen molar-refractivity contribution in [3.05, 3.63) is 42.0 Å². The maximum atomic E-state index is 13.3. The number of sulfone groups is 1. The van der Waals surface area contributed by atoms with Gasteiger partial charge in [0.2, 0.25) is 26.2 Å². The number of aryl methyl sites for hydroxylation is 1. The molecule has 0 saturated carbocycles. The number of nitrogens with one attached hydrogen (secondary N) is 3. The molecule has 2 aromatic rings. The molecule has 2 rings (SSSR count). The van der Waals surface area contributed by atoms with E-state index in [1.54, 1.807) is 33.8 Å². The van der Waals surface area contributed by atoms with E-state index in [4.69, 9.17) is 4.74 Å². The molecule has 12 nitrogen and oxygen atoms in total. The van der Waals surface area contributed by atoms with Gasteiger partial charge in [-0.1, -0.05) is 26.8 Å². The molecule has 2 aromatic carbocycles. The zero-order valence-corrected chi connectivity index (χ0v) is 24.4. The Kier molecular flexibility index (Phi) is 8.91. The largest absolute Gasteiger partial charge is 0.470 e. The second-order valence-corrected chi connectivity index (χ2v) is 15.3. The molecule has 3 N–H and O–H groups in total. The minimum atomic E-state index is -3.91. The fourth-order valence-corrected chi connectivity index (χ4v) is 4.86. The van der Waals surface area contributed by atoms with Crippen molar-refractivity contribution in [3.8, 4) is 5.75 Å². The molecular weight excluding hydrogens is 558 g/mol. The number of sulfonamides is 2. The lowest BCUT2D eigenvalue weighted by Crippen LogP contribution is -2.45. The summed E-state index contributed by atoms with van der Waals surface area (Å²) in [6, 6.07) is 7.73. The van der Waals surface area contributed by atoms with Crippen LogP contribution < -0.4 is 19.5 Å². The van der Waals surface area contributed by atoms with Gasteiger partial charge in [-0.15, -0.1) is 0 Å². The van der Waals surface area contributed by atoms with Gasteiger partial charge in [0.1, 0.15) is 5.75 Å². The smallest absolute Gasteiger partial charge is 0.273 e. The molecule has 0 radical (unpaired) electrons. The highest BCUT2D eigenvalue weighted by Crippen LogP contribution is 2.31. The Morgan fingerprint density at radius 3 is 1.89 bits per heavy atom. The number of hydrogen-bond donors (Lipinski definition) is 3. The number of benzene rings is 2. The lowest BCUT2D eigenvalue weighted by atomic mass is 9.87. The summed E-state index contributed by atoms with van der Waals surface area (Å²) >= 11 is 0. The van der Waals surface area contributed by atoms with Gasteiger partial charge in [-0.25, -0.2) is 25.3 Å². The summed E-state index contributed by atoms with van der Waals surface area (Å²) in [5, 5.41) is 2.56. The molecule has 0 aliphatic rings. The van der Waals surface area contributed by atoms with Gasteiger partial charge in [-0.3, -0.25) is 19.0 Å². The number of amides is 1. The van der Waals surface area contributed by atoms with Crippen LogP contribution in [0.1, 0.15) is 26.3 Å². The van der Waals surface area contributed by atoms with E-state index >= 15 is 0 Å². The van der Waals surface area contributed by atoms with E-state index in [2.05, 4.69) is 14.8 Å². The molecule has 1 unspecified atom stereocenters. The molecule has 0 bridgehead atoms. The first-order chi connectivity index (χ1) is 17.1. The van der Waals surface area contributed by atoms with E-state index in [0.717, 1.165) is 37.0 Å². The first kappa shape index (κ1) is 31.1. The van der Waals surface area contributed by atoms with Crippen molar-refractivity contribution in [2.75, 3.05) is 33.5 Å². The first-order valence-corrected chi connectivity index (χ1v) is 16.7. The average Bonchev–Trinajstić information content (AvgIpc) is 2.71. The van der Waals surface area contributed by atoms with Crippen LogP contribution in [-0.2, 0) is 39.5 Å². The van der Waals surface area contributed by atoms with Crippen molar-refractivity contribution in [2.45, 2.75) is 38.7 Å². The van der Waals surface area contributed by atoms with Crippen molar-refractivity contribution < 1.29 is 39.6 Å². The molecule has 0 aromatic heterocycles. The Bertz CT molecular complexity index is 1580. The molecule has 210 valence electrons. The fraction of sp³-hybridized carbons (Fsp3) is 0.391. The Morgan fingerprint density at radius 1 is 0.816 bits per heavy atom. The summed E-state index contributed by atoms with van der Waals surface area (Å²) in [5.74, 6) is -1.83. The van der Waals surface area contributed by atoms with Gasteiger partial charge in [-0.05, 0) is 42.8 Å². The van der Waals surface area contributed by atoms with Crippen LogP contribution in [0.5, 0.6) is 5.75 Å². The third-order valence-corrected chi connectivity index (χ3v) is 7.24. The number of carbonyl (C=O) groups excluding carboxylic acids is 2. The number of rotatable bonds is 10. The van der Waals surface area contributed by atoms with Crippen molar-refractivity contribution in [3.63, 3.8) is 0 Å². The first-order valence-electron chi connectivity index (χ1n) is 11.0. The summed E-state index contributed by atoms with van der Waals surface area (Å²) in [7, 11) is -11.2. The number of anilines is 3. The highest BCUT2D eigenvalue weighted by molar-refractivity contribution is 7.92. The van der Waals surface area contributed by atoms with Crippen LogP contribution in [0, 0.1) is 12.3 Å². The Morgan fingerprint density at radius 2 is 1.39 bits per heavy atom. The Balaban J connectivity index is 2.56. The average molecular weight is 590 g/mol. The second-order valence-electron chi connectivity index (χ2n) is 9.81. The van der Waals surface area contributed by atoms with E-state index in [0.29, 0.717) is 5.56 Å². The molecular formula is C23H31N3O9S3. The standard InChI is InChI=1S/C23H31N3O9S3/c1-14-8-9-15(25-37(6,31)32)12-17(14)24-22(28)20(21(27)23(2,3)4)35-19-11-10-16(36(5,29)30)13-18(19)26-38(7,33)34/h8-13,20,25-26H,1-7H3,(H,24,28). The lowest BCUT2D eigenvalue weighted by Gasteiger charge is -2.26. The zero-order chi connectivity index (χ0) is 29.3. The van der Waals surface area contributed by atoms with Crippen LogP contribution in [0.4, 0.5) is 17.1 Å². The Labute approximate surface area is 223 Å². The summed E-state index contributed by atoms with van der Waals surface area (Å²) in [4.78, 5) is 26.4. The van der Waals surface area contributed by atoms with Gasteiger partial charge >= 0.3 is 0 Å². The van der Waals surface area contributed by atoms with E-state index in [-0.39, 0.29) is 27.7 Å². The monoisotopic (exact) mass is 589 g/mol. The van der Waals surface area contributed by atoms with E-state index in [1.165, 1.54) is 12.1 Å². The number of Topliss-reactive ketones (excluding diaryl/α,β-unsaturated/α-hetero) is 1. The molecule has 38 heavy (non-hydrogen) atoms. The van der Waals surface area contributed by atoms with Gasteiger partial charge in [0, 0.05) is 17.4 Å². The summed E-state index contributed by atoms with van der Waals surface area (Å²) in [5.41, 5.74) is -0.444. The summed E-state index contributed by atoms with van der Waals surface area (Å²) in [6.07, 6.45) is 0.954. The number of ether oxygens (including phenoxy) is 1. The van der Waals surface area contributed by atoms with Gasteiger partial charge in [0.25, 0.3) is 5.91 Å². The van der Waals surface area contributed by atoms with E-state index < -0.39 is 53.1 Å². The third kappa shape index (κ3) is 8.99. The zero-order valence-electron chi connectivity index (χ0n) is 21.9. The van der Waals surface area contributed by atoms with E-state index in [1.807, 2.05) is 0 Å². The van der Waals surface area contributed by atoms with Gasteiger partial charge in [-0.2, -0.15) is 0 Å². The fourth-order valence-electron chi connectivity index (χ4n) is 3.10. The molecule has 0 aliphatic heterocycles. The van der Waals surface area contributed by atoms with Gasteiger partial charge in [0.15, 0.2) is 15.6 Å². The maximum Gasteiger partial charge on any atom is 0.273 e. The van der Waals surface area contributed by atoms with E-state index in [9.17, 15) is 34.8 Å². The van der Waals surface area contributed by atoms with Crippen LogP contribution in [0.2, 0.25) is 0 Å². The minimum Gasteiger partial charge on any atom is -0.470 e. The summed E-state index contributed by atoms with van der Waals surface area (Å²) < 4.78 is 81.2. The molecule has 0 fully saturated rings. The minimum absolute atomic E-state index is 0.170. The number of ketones is 1. The molecule has 0 aliphatic carbocycles. The van der Waals surface area contributed by atoms with Gasteiger partial charge < -0.3 is 10.1 Å². The Hall–Kier alpha value is -3.17. The predicted octanol–water partition coefficient (Wildman–Crippen LogP) is 2.14. The molecule has 1 atom stereocenters. The van der Waals surface area contributed by atoms with Crippen molar-refractivity contribution in [2.24, 2.45) is 5.41 Å². The highest BCUT2D eigenvalue weighted by Gasteiger charge is 2.37. The normalized spacial score (nSPS) is 13.3. The van der Waals surface area contributed by atoms with Crippen LogP contribution in [0.15, 0.2) is 41.3 Å². The molecule has 0 spiro atoms. The van der Waals surface area contributed by atoms with Crippen molar-refractivity contribution >= 4 is 58.6 Å². The highest BCUT2D eigenvalue weighted by atomic mass is 32.2. The maximum absolute atomic E-state index is 13.3. The van der Waals surface area contributed by atoms with Crippen LogP contribution in [0.25, 0.3) is 0 Å². The SMILES string of the molecule is Cc1ccc(NS(C)(=O)=O)cc1NC(=O)C(Oc1ccc(S(C)(=O)=O)cc1NS(C)(=O)=O)C(=O)C(C)(C)C. The third-order valence-electron chi connectivity index (χ3n) is 4.93. The van der Waals surface area contributed by atoms with Crippen molar-refractivity contribution in [1.82, 2.24) is 0 Å². The van der Waals surface area contributed by atoms with Crippen molar-refractivity contribution in [1.29, 1.82) is 0 Å². The number of carbonyl (C=O) groups is 2. The molecule has 0 heterocycles. The second kappa shape index (κ2) is 10.9. The molecule has 0 saturated heterocycles. The van der Waals surface area contributed by atoms with Crippen LogP contribution in [-0.4, -0.2) is 61.8 Å². The van der Waals surface area contributed by atoms with Crippen LogP contribution in [0.3, 0.4) is 0 Å². The quantitative estimate of drug-likeness (QED) is 0.350. The van der Waals surface area contributed by atoms with Gasteiger partial charge in [0.05, 0.1) is 28.8 Å². The topological polar surface area (TPSA) is 182 Å². The summed E-state index contributed by atoms with van der Waals surface area (Å²) in [6.45, 7) is 6.33. The lowest BCUT2D eigenvalue weighted by molar-refractivity contribution is -0.140. The predicted molar refractivity (Wildman–Crippen MR) is 145 cm³/mol. The molecule has 1 amide bonds. The number of hydrogen-bond acceptors (Lipinski definition) is 9. The molecule has 15 heteroatoms. The van der Waals surface area contributed by atoms with Crippen LogP contribution >= 0.6 is 0 Å².